The second-order valence-electron chi connectivity index (χ2n) is 4.46. The van der Waals surface area contributed by atoms with Gasteiger partial charge in [0.15, 0.2) is 5.75 Å². The molecule has 21 heavy (non-hydrogen) atoms. The van der Waals surface area contributed by atoms with E-state index in [4.69, 9.17) is 33.7 Å². The molecule has 5 nitrogen and oxygen atoms in total. The third-order valence-electron chi connectivity index (χ3n) is 2.82. The van der Waals surface area contributed by atoms with Crippen LogP contribution in [0.1, 0.15) is 18.5 Å². The average molecular weight is 327 g/mol. The topological polar surface area (TPSA) is 78.4 Å². The van der Waals surface area contributed by atoms with Crippen LogP contribution in [0, 0.1) is 10.1 Å². The number of hydrogen-bond acceptors (Lipinski definition) is 4. The number of ether oxygens (including phenoxy) is 1. The number of halogens is 2. The lowest BCUT2D eigenvalue weighted by Gasteiger charge is -2.11. The standard InChI is InChI=1S/C14H12Cl2N2O3/c1-8(17)9-2-4-11(5-3-9)21-14-12(15)6-10(18(19)20)7-13(14)16/h2-8H,17H2,1H3/t8-/m0/s1. The van der Waals surface area contributed by atoms with E-state index in [9.17, 15) is 10.1 Å². The van der Waals surface area contributed by atoms with E-state index in [0.717, 1.165) is 5.56 Å². The first-order valence-electron chi connectivity index (χ1n) is 6.05. The Morgan fingerprint density at radius 2 is 1.71 bits per heavy atom. The van der Waals surface area contributed by atoms with Crippen molar-refractivity contribution in [3.05, 3.63) is 62.1 Å². The number of rotatable bonds is 4. The van der Waals surface area contributed by atoms with Gasteiger partial charge in [-0.15, -0.1) is 0 Å². The van der Waals surface area contributed by atoms with E-state index in [0.29, 0.717) is 5.75 Å². The highest BCUT2D eigenvalue weighted by Crippen LogP contribution is 2.39. The minimum atomic E-state index is -0.570. The van der Waals surface area contributed by atoms with E-state index < -0.39 is 4.92 Å². The predicted octanol–water partition coefficient (Wildman–Crippen LogP) is 4.71. The predicted molar refractivity (Wildman–Crippen MR) is 82.2 cm³/mol. The maximum absolute atomic E-state index is 10.7. The molecule has 2 N–H and O–H groups in total. The van der Waals surface area contributed by atoms with Crippen LogP contribution in [-0.2, 0) is 0 Å². The van der Waals surface area contributed by atoms with Gasteiger partial charge in [-0.2, -0.15) is 0 Å². The molecule has 0 bridgehead atoms. The zero-order chi connectivity index (χ0) is 15.6. The van der Waals surface area contributed by atoms with Gasteiger partial charge in [-0.25, -0.2) is 0 Å². The molecule has 0 aliphatic rings. The van der Waals surface area contributed by atoms with Crippen LogP contribution in [0.3, 0.4) is 0 Å². The molecular formula is C14H12Cl2N2O3. The van der Waals surface area contributed by atoms with Gasteiger partial charge in [-0.3, -0.25) is 10.1 Å². The van der Waals surface area contributed by atoms with Crippen LogP contribution in [0.5, 0.6) is 11.5 Å². The number of nitrogens with zero attached hydrogens (tertiary/aromatic N) is 1. The van der Waals surface area contributed by atoms with Crippen molar-refractivity contribution in [3.8, 4) is 11.5 Å². The molecule has 2 aromatic carbocycles. The number of non-ortho nitro benzene ring substituents is 1. The first-order valence-corrected chi connectivity index (χ1v) is 6.81. The first-order chi connectivity index (χ1) is 9.88. The molecule has 1 atom stereocenters. The smallest absolute Gasteiger partial charge is 0.272 e. The van der Waals surface area contributed by atoms with Crippen molar-refractivity contribution in [2.75, 3.05) is 0 Å². The molecule has 0 aliphatic heterocycles. The van der Waals surface area contributed by atoms with Crippen molar-refractivity contribution >= 4 is 28.9 Å². The molecule has 0 unspecified atom stereocenters. The Kier molecular flexibility index (Phi) is 4.67. The van der Waals surface area contributed by atoms with Gasteiger partial charge >= 0.3 is 0 Å². The molecular weight excluding hydrogens is 315 g/mol. The van der Waals surface area contributed by atoms with Gasteiger partial charge in [0, 0.05) is 18.2 Å². The first kappa shape index (κ1) is 15.6. The van der Waals surface area contributed by atoms with Gasteiger partial charge < -0.3 is 10.5 Å². The second-order valence-corrected chi connectivity index (χ2v) is 5.27. The quantitative estimate of drug-likeness (QED) is 0.651. The number of nitrogens with two attached hydrogens (primary N) is 1. The van der Waals surface area contributed by atoms with Gasteiger partial charge in [-0.1, -0.05) is 35.3 Å². The van der Waals surface area contributed by atoms with Crippen molar-refractivity contribution in [1.29, 1.82) is 0 Å². The summed E-state index contributed by atoms with van der Waals surface area (Å²) in [5.41, 5.74) is 6.53. The minimum absolute atomic E-state index is 0.0745. The highest BCUT2D eigenvalue weighted by Gasteiger charge is 2.16. The summed E-state index contributed by atoms with van der Waals surface area (Å²) >= 11 is 12.0. The molecule has 0 aromatic heterocycles. The third-order valence-corrected chi connectivity index (χ3v) is 3.38. The molecule has 2 aromatic rings. The van der Waals surface area contributed by atoms with E-state index >= 15 is 0 Å². The van der Waals surface area contributed by atoms with Crippen molar-refractivity contribution in [2.45, 2.75) is 13.0 Å². The third kappa shape index (κ3) is 3.64. The minimum Gasteiger partial charge on any atom is -0.454 e. The van der Waals surface area contributed by atoms with Crippen LogP contribution in [0.15, 0.2) is 36.4 Å². The summed E-state index contributed by atoms with van der Waals surface area (Å²) in [6.45, 7) is 1.87. The highest BCUT2D eigenvalue weighted by atomic mass is 35.5. The van der Waals surface area contributed by atoms with Crippen LogP contribution in [0.25, 0.3) is 0 Å². The lowest BCUT2D eigenvalue weighted by molar-refractivity contribution is -0.384. The zero-order valence-electron chi connectivity index (χ0n) is 11.0. The Morgan fingerprint density at radius 3 is 2.14 bits per heavy atom. The van der Waals surface area contributed by atoms with E-state index in [2.05, 4.69) is 0 Å². The molecule has 0 spiro atoms. The Hall–Kier alpha value is -1.82. The van der Waals surface area contributed by atoms with Crippen molar-refractivity contribution in [3.63, 3.8) is 0 Å². The van der Waals surface area contributed by atoms with E-state index in [-0.39, 0.29) is 27.5 Å². The molecule has 0 heterocycles. The summed E-state index contributed by atoms with van der Waals surface area (Å²) < 4.78 is 5.58. The van der Waals surface area contributed by atoms with Gasteiger partial charge in [-0.05, 0) is 24.6 Å². The van der Waals surface area contributed by atoms with Gasteiger partial charge in [0.1, 0.15) is 5.75 Å². The molecule has 0 saturated carbocycles. The van der Waals surface area contributed by atoms with E-state index in [1.165, 1.54) is 12.1 Å². The summed E-state index contributed by atoms with van der Waals surface area (Å²) in [6, 6.07) is 9.42. The largest absolute Gasteiger partial charge is 0.454 e. The summed E-state index contributed by atoms with van der Waals surface area (Å²) in [4.78, 5) is 10.1. The van der Waals surface area contributed by atoms with Crippen molar-refractivity contribution in [2.24, 2.45) is 5.73 Å². The SMILES string of the molecule is C[C@H](N)c1ccc(Oc2c(Cl)cc([N+](=O)[O-])cc2Cl)cc1. The molecule has 0 aliphatic carbocycles. The maximum Gasteiger partial charge on any atom is 0.272 e. The van der Waals surface area contributed by atoms with Crippen LogP contribution >= 0.6 is 23.2 Å². The molecule has 0 amide bonds. The number of benzene rings is 2. The zero-order valence-corrected chi connectivity index (χ0v) is 12.6. The molecule has 0 radical (unpaired) electrons. The van der Waals surface area contributed by atoms with E-state index in [1.54, 1.807) is 12.1 Å². The Labute approximate surface area is 131 Å². The molecule has 7 heteroatoms. The summed E-state index contributed by atoms with van der Waals surface area (Å²) in [5.74, 6) is 0.689. The van der Waals surface area contributed by atoms with Gasteiger partial charge in [0.2, 0.25) is 0 Å². The molecule has 2 rings (SSSR count). The normalized spacial score (nSPS) is 12.0. The Bertz CT molecular complexity index is 649. The highest BCUT2D eigenvalue weighted by molar-refractivity contribution is 6.37. The summed E-state index contributed by atoms with van der Waals surface area (Å²) in [5, 5.41) is 10.9. The summed E-state index contributed by atoms with van der Waals surface area (Å²) in [6.07, 6.45) is 0. The Balaban J connectivity index is 2.29. The van der Waals surface area contributed by atoms with Crippen LogP contribution in [-0.4, -0.2) is 4.92 Å². The van der Waals surface area contributed by atoms with Gasteiger partial charge in [0.25, 0.3) is 5.69 Å². The fraction of sp³-hybridized carbons (Fsp3) is 0.143. The lowest BCUT2D eigenvalue weighted by atomic mass is 10.1. The van der Waals surface area contributed by atoms with Gasteiger partial charge in [0.05, 0.1) is 15.0 Å². The van der Waals surface area contributed by atoms with Crippen LogP contribution in [0.2, 0.25) is 10.0 Å². The van der Waals surface area contributed by atoms with E-state index in [1.807, 2.05) is 19.1 Å². The van der Waals surface area contributed by atoms with Crippen LogP contribution in [0.4, 0.5) is 5.69 Å². The number of nitro groups is 1. The lowest BCUT2D eigenvalue weighted by Crippen LogP contribution is -2.04. The summed E-state index contributed by atoms with van der Waals surface area (Å²) in [7, 11) is 0. The fourth-order valence-corrected chi connectivity index (χ4v) is 2.26. The average Bonchev–Trinajstić information content (AvgIpc) is 2.43. The maximum atomic E-state index is 10.7. The molecule has 0 fully saturated rings. The number of nitro benzene ring substituents is 1. The Morgan fingerprint density at radius 1 is 1.19 bits per heavy atom. The van der Waals surface area contributed by atoms with Crippen molar-refractivity contribution < 1.29 is 9.66 Å². The second kappa shape index (κ2) is 6.30. The monoisotopic (exact) mass is 326 g/mol. The molecule has 110 valence electrons. The number of hydrogen-bond donors (Lipinski definition) is 1. The van der Waals surface area contributed by atoms with Crippen molar-refractivity contribution in [1.82, 2.24) is 0 Å². The molecule has 0 saturated heterocycles. The fourth-order valence-electron chi connectivity index (χ4n) is 1.71. The van der Waals surface area contributed by atoms with Crippen LogP contribution < -0.4 is 10.5 Å².